The molecule has 0 amide bonds. The molecule has 3 aliphatic rings. The van der Waals surface area contributed by atoms with E-state index in [1.807, 2.05) is 13.0 Å². The molecule has 0 radical (unpaired) electrons. The largest absolute Gasteiger partial charge is 0.350 e. The molecule has 3 atom stereocenters. The molecule has 0 saturated carbocycles. The predicted octanol–water partition coefficient (Wildman–Crippen LogP) is 0.633. The smallest absolute Gasteiger partial charge is 0.225 e. The van der Waals surface area contributed by atoms with Crippen molar-refractivity contribution >= 4 is 17.4 Å². The third-order valence-electron chi connectivity index (χ3n) is 3.23. The van der Waals surface area contributed by atoms with E-state index in [0.717, 1.165) is 0 Å². The molecule has 1 unspecified atom stereocenters. The molecule has 2 fully saturated rings. The highest BCUT2D eigenvalue weighted by molar-refractivity contribution is 6.33. The van der Waals surface area contributed by atoms with Crippen LogP contribution in [0.25, 0.3) is 0 Å². The maximum Gasteiger partial charge on any atom is 0.225 e. The Balaban J connectivity index is 2.10. The van der Waals surface area contributed by atoms with Gasteiger partial charge in [-0.25, -0.2) is 0 Å². The lowest BCUT2D eigenvalue weighted by Gasteiger charge is -2.46. The summed E-state index contributed by atoms with van der Waals surface area (Å²) in [5, 5.41) is -0.807. The highest BCUT2D eigenvalue weighted by Gasteiger charge is 2.66. The van der Waals surface area contributed by atoms with Gasteiger partial charge in [0.1, 0.15) is 11.7 Å². The van der Waals surface area contributed by atoms with E-state index in [1.54, 1.807) is 6.08 Å². The quantitative estimate of drug-likeness (QED) is 0.452. The lowest BCUT2D eigenvalue weighted by Crippen LogP contribution is -2.65. The third-order valence-corrected chi connectivity index (χ3v) is 3.74. The number of rotatable bonds is 0. The summed E-state index contributed by atoms with van der Waals surface area (Å²) in [7, 11) is 0. The van der Waals surface area contributed by atoms with E-state index in [9.17, 15) is 4.79 Å². The van der Waals surface area contributed by atoms with Crippen LogP contribution in [0.5, 0.6) is 0 Å². The summed E-state index contributed by atoms with van der Waals surface area (Å²) < 4.78 is 16.7. The maximum absolute atomic E-state index is 11.8. The van der Waals surface area contributed by atoms with Crippen molar-refractivity contribution in [1.29, 1.82) is 0 Å². The molecule has 2 saturated heterocycles. The fourth-order valence-corrected chi connectivity index (χ4v) is 2.88. The van der Waals surface area contributed by atoms with E-state index in [1.165, 1.54) is 0 Å². The molecule has 82 valence electrons. The molecule has 0 aromatic carbocycles. The van der Waals surface area contributed by atoms with Crippen molar-refractivity contribution in [1.82, 2.24) is 0 Å². The van der Waals surface area contributed by atoms with E-state index in [4.69, 9.17) is 25.8 Å². The number of ether oxygens (including phenoxy) is 3. The molecule has 5 heteroatoms. The highest BCUT2D eigenvalue weighted by atomic mass is 35.5. The summed E-state index contributed by atoms with van der Waals surface area (Å²) in [6.45, 7) is 2.71. The van der Waals surface area contributed by atoms with E-state index in [-0.39, 0.29) is 5.78 Å². The standard InChI is InChI=1S/C10H11ClO4/c1-9-3-2-6(15-9)7(12)8(11)10(9)13-4-5-14-10/h2-3,6,8H,4-5H2,1H3/t6-,8?,9-/m1/s1. The van der Waals surface area contributed by atoms with Crippen LogP contribution in [0.1, 0.15) is 6.92 Å². The summed E-state index contributed by atoms with van der Waals surface area (Å²) in [6.07, 6.45) is 2.98. The predicted molar refractivity (Wildman–Crippen MR) is 51.7 cm³/mol. The van der Waals surface area contributed by atoms with Gasteiger partial charge in [-0.3, -0.25) is 4.79 Å². The first kappa shape index (κ1) is 9.78. The second kappa shape index (κ2) is 2.83. The second-order valence-corrected chi connectivity index (χ2v) is 4.57. The van der Waals surface area contributed by atoms with Crippen LogP contribution < -0.4 is 0 Å². The monoisotopic (exact) mass is 230 g/mol. The first-order chi connectivity index (χ1) is 7.09. The van der Waals surface area contributed by atoms with Crippen LogP contribution in [0.2, 0.25) is 0 Å². The Hall–Kier alpha value is -0.420. The first-order valence-electron chi connectivity index (χ1n) is 4.92. The number of hydrogen-bond donors (Lipinski definition) is 0. The van der Waals surface area contributed by atoms with Crippen molar-refractivity contribution in [3.05, 3.63) is 12.2 Å². The maximum atomic E-state index is 11.8. The second-order valence-electron chi connectivity index (χ2n) is 4.13. The normalized spacial score (nSPS) is 46.7. The fourth-order valence-electron chi connectivity index (χ4n) is 2.41. The molecule has 0 aromatic heterocycles. The minimum absolute atomic E-state index is 0.190. The number of ketones is 1. The zero-order valence-electron chi connectivity index (χ0n) is 8.23. The molecule has 4 nitrogen and oxygen atoms in total. The lowest BCUT2D eigenvalue weighted by atomic mass is 9.89. The molecule has 2 bridgehead atoms. The van der Waals surface area contributed by atoms with Crippen molar-refractivity contribution in [3.63, 3.8) is 0 Å². The van der Waals surface area contributed by atoms with E-state index >= 15 is 0 Å². The van der Waals surface area contributed by atoms with Gasteiger partial charge in [-0.05, 0) is 19.1 Å². The molecule has 3 rings (SSSR count). The third kappa shape index (κ3) is 1.00. The number of carbonyl (C=O) groups excluding carboxylic acids is 1. The summed E-state index contributed by atoms with van der Waals surface area (Å²) in [4.78, 5) is 11.8. The number of alkyl halides is 1. The van der Waals surface area contributed by atoms with Crippen molar-refractivity contribution in [3.8, 4) is 0 Å². The van der Waals surface area contributed by atoms with Gasteiger partial charge in [0.25, 0.3) is 0 Å². The van der Waals surface area contributed by atoms with Gasteiger partial charge in [-0.15, -0.1) is 11.6 Å². The van der Waals surface area contributed by atoms with Crippen LogP contribution in [-0.2, 0) is 19.0 Å². The zero-order chi connectivity index (χ0) is 10.7. The highest BCUT2D eigenvalue weighted by Crippen LogP contribution is 2.48. The number of Topliss-reactive ketones (excluding diaryl/α,β-unsaturated/α-hetero) is 1. The minimum Gasteiger partial charge on any atom is -0.350 e. The van der Waals surface area contributed by atoms with Crippen LogP contribution in [0.3, 0.4) is 0 Å². The Morgan fingerprint density at radius 3 is 2.80 bits per heavy atom. The Morgan fingerprint density at radius 1 is 1.47 bits per heavy atom. The molecule has 3 aliphatic heterocycles. The SMILES string of the molecule is C[C@]12C=C[C@@H](O1)C(=O)C(Cl)C21OCCO1. The number of carbonyl (C=O) groups is 1. The fraction of sp³-hybridized carbons (Fsp3) is 0.700. The van der Waals surface area contributed by atoms with Gasteiger partial charge in [-0.1, -0.05) is 0 Å². The average molecular weight is 231 g/mol. The molecular weight excluding hydrogens is 220 g/mol. The molecule has 0 aliphatic carbocycles. The van der Waals surface area contributed by atoms with E-state index < -0.39 is 22.9 Å². The van der Waals surface area contributed by atoms with Crippen LogP contribution in [0.4, 0.5) is 0 Å². The molecule has 15 heavy (non-hydrogen) atoms. The van der Waals surface area contributed by atoms with Crippen molar-refractivity contribution in [2.45, 2.75) is 29.8 Å². The molecule has 0 aromatic rings. The summed E-state index contributed by atoms with van der Waals surface area (Å²) >= 11 is 6.13. The van der Waals surface area contributed by atoms with Gasteiger partial charge in [0.15, 0.2) is 11.2 Å². The number of hydrogen-bond acceptors (Lipinski definition) is 4. The Labute approximate surface area is 92.1 Å². The van der Waals surface area contributed by atoms with Gasteiger partial charge in [0.05, 0.1) is 13.2 Å². The van der Waals surface area contributed by atoms with Crippen LogP contribution >= 0.6 is 11.6 Å². The van der Waals surface area contributed by atoms with Gasteiger partial charge in [0.2, 0.25) is 5.79 Å². The summed E-state index contributed by atoms with van der Waals surface area (Å²) in [6, 6.07) is 0. The molecule has 1 spiro atoms. The Kier molecular flexibility index (Phi) is 1.84. The molecule has 3 heterocycles. The topological polar surface area (TPSA) is 44.8 Å². The summed E-state index contributed by atoms with van der Waals surface area (Å²) in [5.41, 5.74) is -0.755. The Morgan fingerprint density at radius 2 is 2.13 bits per heavy atom. The van der Waals surface area contributed by atoms with E-state index in [0.29, 0.717) is 13.2 Å². The number of fused-ring (bicyclic) bond motifs is 3. The van der Waals surface area contributed by atoms with Crippen LogP contribution in [0, 0.1) is 0 Å². The van der Waals surface area contributed by atoms with Gasteiger partial charge < -0.3 is 14.2 Å². The van der Waals surface area contributed by atoms with Crippen molar-refractivity contribution in [2.75, 3.05) is 13.2 Å². The van der Waals surface area contributed by atoms with Crippen molar-refractivity contribution < 1.29 is 19.0 Å². The minimum atomic E-state index is -1.14. The average Bonchev–Trinajstić information content (AvgIpc) is 2.81. The van der Waals surface area contributed by atoms with Gasteiger partial charge in [-0.2, -0.15) is 0 Å². The summed E-state index contributed by atoms with van der Waals surface area (Å²) in [5.74, 6) is -1.33. The van der Waals surface area contributed by atoms with E-state index in [2.05, 4.69) is 0 Å². The zero-order valence-corrected chi connectivity index (χ0v) is 8.99. The molecular formula is C10H11ClO4. The Bertz CT molecular complexity index is 347. The van der Waals surface area contributed by atoms with Gasteiger partial charge in [0, 0.05) is 0 Å². The van der Waals surface area contributed by atoms with Crippen LogP contribution in [0.15, 0.2) is 12.2 Å². The molecule has 0 N–H and O–H groups in total. The first-order valence-corrected chi connectivity index (χ1v) is 5.36. The number of halogens is 1. The van der Waals surface area contributed by atoms with Crippen molar-refractivity contribution in [2.24, 2.45) is 0 Å². The van der Waals surface area contributed by atoms with Gasteiger partial charge >= 0.3 is 0 Å². The van der Waals surface area contributed by atoms with Crippen LogP contribution in [-0.4, -0.2) is 41.9 Å². The lowest BCUT2D eigenvalue weighted by molar-refractivity contribution is -0.273.